The van der Waals surface area contributed by atoms with E-state index >= 15 is 0 Å². The maximum Gasteiger partial charge on any atom is 0.307 e. The number of amides is 1. The molecule has 1 aliphatic heterocycles. The van der Waals surface area contributed by atoms with Gasteiger partial charge in [0.15, 0.2) is 0 Å². The molecule has 2 aromatic carbocycles. The first kappa shape index (κ1) is 17.9. The van der Waals surface area contributed by atoms with E-state index in [9.17, 15) is 18.4 Å². The number of nitrogen functional groups attached to an aromatic ring is 3. The highest BCUT2D eigenvalue weighted by Gasteiger charge is 2.08. The topological polar surface area (TPSA) is 145 Å². The summed E-state index contributed by atoms with van der Waals surface area (Å²) in [5.74, 6) is -2.59. The molecule has 0 unspecified atom stereocenters. The normalized spacial score (nSPS) is 11.7. The Hall–Kier alpha value is -3.49. The number of anilines is 3. The van der Waals surface area contributed by atoms with Gasteiger partial charge in [0.2, 0.25) is 0 Å². The molecule has 0 spiro atoms. The molecule has 1 heterocycles. The summed E-state index contributed by atoms with van der Waals surface area (Å²) in [6, 6.07) is 4.82. The van der Waals surface area contributed by atoms with Gasteiger partial charge in [-0.05, 0) is 29.8 Å². The van der Waals surface area contributed by atoms with Crippen LogP contribution in [0, 0.1) is 11.6 Å². The molecule has 7 nitrogen and oxygen atoms in total. The summed E-state index contributed by atoms with van der Waals surface area (Å²) in [6.45, 7) is 0. The minimum absolute atomic E-state index is 0.0144. The van der Waals surface area contributed by atoms with Crippen molar-refractivity contribution in [2.45, 2.75) is 6.42 Å². The first-order valence-corrected chi connectivity index (χ1v) is 6.92. The second-order valence-electron chi connectivity index (χ2n) is 5.17. The zero-order chi connectivity index (χ0) is 18.7. The van der Waals surface area contributed by atoms with Crippen LogP contribution < -0.4 is 27.8 Å². The number of hydrogen-bond donors (Lipinski definition) is 4. The molecule has 0 bridgehead atoms. The van der Waals surface area contributed by atoms with E-state index < -0.39 is 17.6 Å². The number of aliphatic carboxylic acids is 1. The molecule has 1 amide bonds. The predicted molar refractivity (Wildman–Crippen MR) is 87.6 cm³/mol. The van der Waals surface area contributed by atoms with E-state index in [0.717, 1.165) is 6.07 Å². The minimum atomic E-state index is -1.06. The van der Waals surface area contributed by atoms with Crippen molar-refractivity contribution in [3.05, 3.63) is 52.0 Å². The van der Waals surface area contributed by atoms with Gasteiger partial charge in [-0.15, -0.1) is 0 Å². The molecule has 0 fully saturated rings. The van der Waals surface area contributed by atoms with Crippen LogP contribution in [0.2, 0.25) is 0 Å². The third kappa shape index (κ3) is 4.28. The highest BCUT2D eigenvalue weighted by Crippen LogP contribution is 2.20. The van der Waals surface area contributed by atoms with Crippen LogP contribution in [0.1, 0.15) is 5.56 Å². The Morgan fingerprint density at radius 1 is 1.00 bits per heavy atom. The molecule has 9 heteroatoms. The number of carboxylic acid groups (broad SMARTS) is 1. The fraction of sp³-hybridized carbons (Fsp3) is 0.0625. The molecule has 0 atom stereocenters. The fourth-order valence-electron chi connectivity index (χ4n) is 2.05. The molecule has 0 saturated heterocycles. The summed E-state index contributed by atoms with van der Waals surface area (Å²) >= 11 is 0. The third-order valence-corrected chi connectivity index (χ3v) is 3.26. The van der Waals surface area contributed by atoms with Crippen molar-refractivity contribution in [3.8, 4) is 0 Å². The van der Waals surface area contributed by atoms with Gasteiger partial charge in [-0.1, -0.05) is 0 Å². The summed E-state index contributed by atoms with van der Waals surface area (Å²) in [4.78, 5) is 24.7. The molecule has 0 aliphatic carbocycles. The lowest BCUT2D eigenvalue weighted by molar-refractivity contribution is -0.136. The Morgan fingerprint density at radius 2 is 1.60 bits per heavy atom. The van der Waals surface area contributed by atoms with Crippen LogP contribution in [-0.2, 0) is 16.0 Å². The van der Waals surface area contributed by atoms with Crippen LogP contribution in [0.5, 0.6) is 0 Å². The number of carbonyl (C=O) groups excluding carboxylic acids is 1. The van der Waals surface area contributed by atoms with E-state index in [0.29, 0.717) is 10.6 Å². The molecule has 2 aromatic rings. The number of benzene rings is 2. The zero-order valence-electron chi connectivity index (χ0n) is 12.8. The average Bonchev–Trinajstić information content (AvgIpc) is 2.84. The van der Waals surface area contributed by atoms with Gasteiger partial charge in [-0.25, -0.2) is 13.8 Å². The second kappa shape index (κ2) is 6.95. The molecule has 7 N–H and O–H groups in total. The monoisotopic (exact) mass is 348 g/mol. The van der Waals surface area contributed by atoms with E-state index in [1.165, 1.54) is 24.3 Å². The quantitative estimate of drug-likeness (QED) is 0.561. The van der Waals surface area contributed by atoms with Crippen molar-refractivity contribution in [2.75, 3.05) is 17.2 Å². The number of fused-ring (bicyclic) bond motifs is 1. The Kier molecular flexibility index (Phi) is 4.97. The zero-order valence-corrected chi connectivity index (χ0v) is 12.8. The molecule has 0 radical (unpaired) electrons. The van der Waals surface area contributed by atoms with Gasteiger partial charge in [0.25, 0.3) is 5.91 Å². The first-order valence-electron chi connectivity index (χ1n) is 6.92. The summed E-state index contributed by atoms with van der Waals surface area (Å²) in [7, 11) is 0. The SMILES string of the molecule is Nc1cc(N)c(CC(=O)O)cc1F.Nc1cc2c(cc1F)=CC(=O)N=2. The molecule has 25 heavy (non-hydrogen) atoms. The van der Waals surface area contributed by atoms with Crippen molar-refractivity contribution in [1.82, 2.24) is 0 Å². The summed E-state index contributed by atoms with van der Waals surface area (Å²) in [5.41, 5.74) is 16.3. The largest absolute Gasteiger partial charge is 0.481 e. The van der Waals surface area contributed by atoms with E-state index in [4.69, 9.17) is 22.3 Å². The van der Waals surface area contributed by atoms with Gasteiger partial charge >= 0.3 is 5.97 Å². The molecule has 3 rings (SSSR count). The maximum absolute atomic E-state index is 12.8. The first-order chi connectivity index (χ1) is 11.7. The maximum atomic E-state index is 12.8. The average molecular weight is 348 g/mol. The Morgan fingerprint density at radius 3 is 2.24 bits per heavy atom. The molecular weight excluding hydrogens is 334 g/mol. The van der Waals surface area contributed by atoms with Gasteiger partial charge in [0, 0.05) is 17.0 Å². The third-order valence-electron chi connectivity index (χ3n) is 3.26. The van der Waals surface area contributed by atoms with Crippen molar-refractivity contribution < 1.29 is 23.5 Å². The highest BCUT2D eigenvalue weighted by molar-refractivity contribution is 6.06. The smallest absolute Gasteiger partial charge is 0.307 e. The molecule has 1 aliphatic rings. The summed E-state index contributed by atoms with van der Waals surface area (Å²) < 4.78 is 25.6. The predicted octanol–water partition coefficient (Wildman–Crippen LogP) is -0.0346. The summed E-state index contributed by atoms with van der Waals surface area (Å²) in [5, 5.41) is 9.38. The number of rotatable bonds is 2. The fourth-order valence-corrected chi connectivity index (χ4v) is 2.05. The van der Waals surface area contributed by atoms with Crippen LogP contribution >= 0.6 is 0 Å². The van der Waals surface area contributed by atoms with Crippen LogP contribution in [0.25, 0.3) is 6.08 Å². The number of nitrogens with zero attached hydrogens (tertiary/aromatic N) is 1. The van der Waals surface area contributed by atoms with Gasteiger partial charge < -0.3 is 22.3 Å². The molecule has 0 aromatic heterocycles. The van der Waals surface area contributed by atoms with E-state index in [-0.39, 0.29) is 35.0 Å². The molecule has 130 valence electrons. The van der Waals surface area contributed by atoms with Crippen molar-refractivity contribution in [2.24, 2.45) is 4.99 Å². The Bertz CT molecular complexity index is 947. The number of nitrogens with two attached hydrogens (primary N) is 3. The number of carbonyl (C=O) groups is 2. The van der Waals surface area contributed by atoms with Gasteiger partial charge in [-0.3, -0.25) is 9.59 Å². The number of hydrogen-bond acceptors (Lipinski definition) is 5. The van der Waals surface area contributed by atoms with Crippen LogP contribution in [0.3, 0.4) is 0 Å². The standard InChI is InChI=1S/C8H9FN2O2.C8H5FN2O/c9-5-1-4(2-8(12)13)6(10)3-7(5)11;9-5-1-4-2-8(12)11-7(4)3-6(5)10/h1,3H,2,10-11H2,(H,12,13);1-3H,10H2. The highest BCUT2D eigenvalue weighted by atomic mass is 19.1. The lowest BCUT2D eigenvalue weighted by Gasteiger charge is -2.04. The minimum Gasteiger partial charge on any atom is -0.481 e. The van der Waals surface area contributed by atoms with E-state index in [1.54, 1.807) is 0 Å². The van der Waals surface area contributed by atoms with Crippen molar-refractivity contribution >= 4 is 35.0 Å². The Labute approximate surface area is 140 Å². The summed E-state index contributed by atoms with van der Waals surface area (Å²) in [6.07, 6.45) is 0.973. The lowest BCUT2D eigenvalue weighted by Crippen LogP contribution is -2.22. The molecular formula is C16H14F2N4O3. The Balaban J connectivity index is 0.000000181. The van der Waals surface area contributed by atoms with Crippen LogP contribution in [-0.4, -0.2) is 17.0 Å². The van der Waals surface area contributed by atoms with Gasteiger partial charge in [0.05, 0.1) is 23.2 Å². The lowest BCUT2D eigenvalue weighted by atomic mass is 10.1. The van der Waals surface area contributed by atoms with Crippen molar-refractivity contribution in [1.29, 1.82) is 0 Å². The van der Waals surface area contributed by atoms with Gasteiger partial charge in [-0.2, -0.15) is 0 Å². The van der Waals surface area contributed by atoms with E-state index in [2.05, 4.69) is 4.99 Å². The number of halogens is 2. The second-order valence-corrected chi connectivity index (χ2v) is 5.17. The van der Waals surface area contributed by atoms with E-state index in [1.807, 2.05) is 0 Å². The molecule has 0 saturated carbocycles. The number of carboxylic acids is 1. The van der Waals surface area contributed by atoms with Crippen LogP contribution in [0.4, 0.5) is 25.8 Å². The van der Waals surface area contributed by atoms with Gasteiger partial charge in [0.1, 0.15) is 11.6 Å². The van der Waals surface area contributed by atoms with Crippen LogP contribution in [0.15, 0.2) is 29.3 Å². The van der Waals surface area contributed by atoms with Crippen molar-refractivity contribution in [3.63, 3.8) is 0 Å².